The van der Waals surface area contributed by atoms with Crippen molar-refractivity contribution in [3.8, 4) is 11.1 Å². The molecule has 4 aromatic rings. The molecule has 4 rings (SSSR count). The summed E-state index contributed by atoms with van der Waals surface area (Å²) in [5, 5.41) is 5.18. The molecule has 0 aliphatic heterocycles. The molecule has 34 heavy (non-hydrogen) atoms. The van der Waals surface area contributed by atoms with E-state index in [1.165, 1.54) is 7.11 Å². The molecule has 0 spiro atoms. The fraction of sp³-hybridized carbons (Fsp3) is 0.231. The van der Waals surface area contributed by atoms with E-state index in [-0.39, 0.29) is 19.4 Å². The average Bonchev–Trinajstić information content (AvgIpc) is 3.29. The van der Waals surface area contributed by atoms with Crippen molar-refractivity contribution < 1.29 is 19.1 Å². The summed E-state index contributed by atoms with van der Waals surface area (Å²) in [4.78, 5) is 30.7. The van der Waals surface area contributed by atoms with Gasteiger partial charge in [-0.1, -0.05) is 54.1 Å². The minimum Gasteiger partial charge on any atom is -0.469 e. The van der Waals surface area contributed by atoms with Gasteiger partial charge in [0.1, 0.15) is 5.41 Å². The van der Waals surface area contributed by atoms with Crippen LogP contribution < -0.4 is 0 Å². The SMILES string of the molecule is CCOC(=O)C(CC(=O)OC)(Cc1ccccc1)c1ccnc2c(-c3ccc(Cl)cc3)cnn12. The number of rotatable bonds is 8. The fourth-order valence-corrected chi connectivity index (χ4v) is 4.24. The minimum atomic E-state index is -1.38. The van der Waals surface area contributed by atoms with Gasteiger partial charge in [-0.2, -0.15) is 5.10 Å². The molecular formula is C26H24ClN3O4. The van der Waals surface area contributed by atoms with Gasteiger partial charge in [-0.05, 0) is 42.7 Å². The Kier molecular flexibility index (Phi) is 6.93. The van der Waals surface area contributed by atoms with E-state index >= 15 is 0 Å². The van der Waals surface area contributed by atoms with Crippen molar-refractivity contribution >= 4 is 29.2 Å². The second-order valence-corrected chi connectivity index (χ2v) is 8.28. The van der Waals surface area contributed by atoms with E-state index in [4.69, 9.17) is 21.1 Å². The van der Waals surface area contributed by atoms with E-state index in [9.17, 15) is 9.59 Å². The van der Waals surface area contributed by atoms with E-state index in [0.29, 0.717) is 16.4 Å². The van der Waals surface area contributed by atoms with Crippen LogP contribution in [-0.4, -0.2) is 40.3 Å². The van der Waals surface area contributed by atoms with E-state index in [1.54, 1.807) is 42.0 Å². The van der Waals surface area contributed by atoms with Gasteiger partial charge >= 0.3 is 11.9 Å². The molecule has 0 N–H and O–H groups in total. The molecule has 2 aromatic heterocycles. The number of aromatic nitrogens is 3. The molecule has 2 heterocycles. The number of nitrogens with zero attached hydrogens (tertiary/aromatic N) is 3. The van der Waals surface area contributed by atoms with Crippen LogP contribution in [0, 0.1) is 0 Å². The fourth-order valence-electron chi connectivity index (χ4n) is 4.11. The topological polar surface area (TPSA) is 82.8 Å². The molecule has 7 nitrogen and oxygen atoms in total. The highest BCUT2D eigenvalue weighted by Crippen LogP contribution is 2.36. The lowest BCUT2D eigenvalue weighted by Crippen LogP contribution is -2.43. The van der Waals surface area contributed by atoms with Gasteiger partial charge < -0.3 is 9.47 Å². The smallest absolute Gasteiger partial charge is 0.319 e. The van der Waals surface area contributed by atoms with Gasteiger partial charge in [0.15, 0.2) is 5.65 Å². The number of hydrogen-bond acceptors (Lipinski definition) is 6. The van der Waals surface area contributed by atoms with Crippen molar-refractivity contribution in [2.75, 3.05) is 13.7 Å². The van der Waals surface area contributed by atoms with E-state index in [0.717, 1.165) is 16.7 Å². The summed E-state index contributed by atoms with van der Waals surface area (Å²) in [6, 6.07) is 18.5. The molecule has 0 bridgehead atoms. The molecule has 0 saturated carbocycles. The molecule has 8 heteroatoms. The van der Waals surface area contributed by atoms with Crippen LogP contribution in [0.5, 0.6) is 0 Å². The summed E-state index contributed by atoms with van der Waals surface area (Å²) in [6.07, 6.45) is 3.30. The summed E-state index contributed by atoms with van der Waals surface area (Å²) < 4.78 is 12.1. The predicted octanol–water partition coefficient (Wildman–Crippen LogP) is 4.66. The quantitative estimate of drug-likeness (QED) is 0.343. The maximum absolute atomic E-state index is 13.6. The Bertz CT molecular complexity index is 1300. The standard InChI is InChI=1S/C26H24ClN3O4/c1-3-34-25(32)26(16-23(31)33-2,15-18-7-5-4-6-8-18)22-13-14-28-24-21(17-29-30(22)24)19-9-11-20(27)12-10-19/h4-14,17H,3,15-16H2,1-2H3. The zero-order valence-corrected chi connectivity index (χ0v) is 19.7. The largest absolute Gasteiger partial charge is 0.469 e. The Morgan fingerprint density at radius 3 is 2.47 bits per heavy atom. The van der Waals surface area contributed by atoms with Crippen LogP contribution in [0.3, 0.4) is 0 Å². The molecule has 0 aliphatic carbocycles. The Labute approximate surface area is 202 Å². The number of methoxy groups -OCH3 is 1. The molecule has 0 radical (unpaired) electrons. The first-order valence-corrected chi connectivity index (χ1v) is 11.2. The Morgan fingerprint density at radius 2 is 1.79 bits per heavy atom. The van der Waals surface area contributed by atoms with Gasteiger partial charge in [-0.3, -0.25) is 9.59 Å². The first-order valence-electron chi connectivity index (χ1n) is 10.9. The third kappa shape index (κ3) is 4.52. The minimum absolute atomic E-state index is 0.167. The van der Waals surface area contributed by atoms with Crippen molar-refractivity contribution in [3.63, 3.8) is 0 Å². The third-order valence-corrected chi connectivity index (χ3v) is 5.99. The van der Waals surface area contributed by atoms with Crippen LogP contribution in [0.2, 0.25) is 5.02 Å². The van der Waals surface area contributed by atoms with Crippen molar-refractivity contribution in [1.29, 1.82) is 0 Å². The number of carbonyl (C=O) groups excluding carboxylic acids is 2. The van der Waals surface area contributed by atoms with E-state index in [2.05, 4.69) is 10.1 Å². The number of carbonyl (C=O) groups is 2. The van der Waals surface area contributed by atoms with Crippen LogP contribution in [0.15, 0.2) is 73.1 Å². The maximum atomic E-state index is 13.6. The highest BCUT2D eigenvalue weighted by molar-refractivity contribution is 6.30. The highest BCUT2D eigenvalue weighted by atomic mass is 35.5. The normalized spacial score (nSPS) is 12.8. The molecule has 0 saturated heterocycles. The summed E-state index contributed by atoms with van der Waals surface area (Å²) in [6.45, 7) is 1.90. The number of halogens is 1. The Morgan fingerprint density at radius 1 is 1.06 bits per heavy atom. The molecule has 0 amide bonds. The molecule has 0 aliphatic rings. The summed E-state index contributed by atoms with van der Waals surface area (Å²) in [7, 11) is 1.30. The first-order chi connectivity index (χ1) is 16.5. The second kappa shape index (κ2) is 10.1. The zero-order chi connectivity index (χ0) is 24.1. The van der Waals surface area contributed by atoms with Crippen LogP contribution in [0.1, 0.15) is 24.6 Å². The van der Waals surface area contributed by atoms with Gasteiger partial charge in [-0.25, -0.2) is 9.50 Å². The van der Waals surface area contributed by atoms with Gasteiger partial charge in [0.2, 0.25) is 0 Å². The van der Waals surface area contributed by atoms with Gasteiger partial charge in [0.25, 0.3) is 0 Å². The number of hydrogen-bond donors (Lipinski definition) is 0. The number of esters is 2. The van der Waals surface area contributed by atoms with E-state index < -0.39 is 17.4 Å². The lowest BCUT2D eigenvalue weighted by atomic mass is 9.75. The Hall–Kier alpha value is -3.71. The Balaban J connectivity index is 1.94. The average molecular weight is 478 g/mol. The number of ether oxygens (including phenoxy) is 2. The summed E-state index contributed by atoms with van der Waals surface area (Å²) in [5.74, 6) is -1.06. The monoisotopic (exact) mass is 477 g/mol. The second-order valence-electron chi connectivity index (χ2n) is 7.85. The third-order valence-electron chi connectivity index (χ3n) is 5.74. The molecule has 174 valence electrons. The van der Waals surface area contributed by atoms with Gasteiger partial charge in [-0.15, -0.1) is 0 Å². The van der Waals surface area contributed by atoms with Crippen LogP contribution in [0.25, 0.3) is 16.8 Å². The number of benzene rings is 2. The maximum Gasteiger partial charge on any atom is 0.319 e. The molecular weight excluding hydrogens is 454 g/mol. The molecule has 1 atom stereocenters. The molecule has 2 aromatic carbocycles. The summed E-state index contributed by atoms with van der Waals surface area (Å²) in [5.41, 5.74) is 2.18. The van der Waals surface area contributed by atoms with Crippen molar-refractivity contribution in [3.05, 3.63) is 89.3 Å². The van der Waals surface area contributed by atoms with Crippen LogP contribution in [-0.2, 0) is 30.9 Å². The van der Waals surface area contributed by atoms with Crippen molar-refractivity contribution in [2.45, 2.75) is 25.2 Å². The molecule has 0 fully saturated rings. The van der Waals surface area contributed by atoms with E-state index in [1.807, 2.05) is 42.5 Å². The van der Waals surface area contributed by atoms with Gasteiger partial charge in [0, 0.05) is 16.8 Å². The summed E-state index contributed by atoms with van der Waals surface area (Å²) >= 11 is 6.05. The highest BCUT2D eigenvalue weighted by Gasteiger charge is 2.46. The van der Waals surface area contributed by atoms with Crippen LogP contribution in [0.4, 0.5) is 0 Å². The van der Waals surface area contributed by atoms with Gasteiger partial charge in [0.05, 0.1) is 32.0 Å². The van der Waals surface area contributed by atoms with Crippen molar-refractivity contribution in [2.24, 2.45) is 0 Å². The zero-order valence-electron chi connectivity index (χ0n) is 18.9. The van der Waals surface area contributed by atoms with Crippen molar-refractivity contribution in [1.82, 2.24) is 14.6 Å². The predicted molar refractivity (Wildman–Crippen MR) is 129 cm³/mol. The lowest BCUT2D eigenvalue weighted by Gasteiger charge is -2.31. The number of fused-ring (bicyclic) bond motifs is 1. The van der Waals surface area contributed by atoms with Crippen LogP contribution >= 0.6 is 11.6 Å². The molecule has 1 unspecified atom stereocenters. The first kappa shape index (κ1) is 23.4. The lowest BCUT2D eigenvalue weighted by molar-refractivity contribution is -0.156.